The smallest absolute Gasteiger partial charge is 0.0697 e. The van der Waals surface area contributed by atoms with Crippen LogP contribution >= 0.6 is 11.3 Å². The maximum atomic E-state index is 10.6. The van der Waals surface area contributed by atoms with E-state index in [9.17, 15) is 5.11 Å². The Hall–Kier alpha value is -0.380. The van der Waals surface area contributed by atoms with Crippen molar-refractivity contribution in [3.8, 4) is 0 Å². The molecule has 0 bridgehead atoms. The van der Waals surface area contributed by atoms with Gasteiger partial charge in [0.15, 0.2) is 0 Å². The fourth-order valence-electron chi connectivity index (χ4n) is 2.62. The van der Waals surface area contributed by atoms with Crippen molar-refractivity contribution in [2.75, 3.05) is 6.54 Å². The third-order valence-corrected chi connectivity index (χ3v) is 4.56. The van der Waals surface area contributed by atoms with Crippen molar-refractivity contribution < 1.29 is 5.11 Å². The average molecular weight is 253 g/mol. The highest BCUT2D eigenvalue weighted by atomic mass is 32.1. The van der Waals surface area contributed by atoms with Gasteiger partial charge in [-0.1, -0.05) is 13.0 Å². The lowest BCUT2D eigenvalue weighted by molar-refractivity contribution is -0.00239. The van der Waals surface area contributed by atoms with Gasteiger partial charge in [-0.15, -0.1) is 11.3 Å². The molecule has 1 aromatic heterocycles. The summed E-state index contributed by atoms with van der Waals surface area (Å²) in [5, 5.41) is 16.2. The number of rotatable bonds is 5. The van der Waals surface area contributed by atoms with Gasteiger partial charge in [-0.25, -0.2) is 0 Å². The molecule has 17 heavy (non-hydrogen) atoms. The molecule has 0 atom stereocenters. The van der Waals surface area contributed by atoms with Gasteiger partial charge in [0, 0.05) is 17.3 Å². The summed E-state index contributed by atoms with van der Waals surface area (Å²) in [4.78, 5) is 1.31. The molecule has 0 saturated heterocycles. The van der Waals surface area contributed by atoms with Gasteiger partial charge in [0.2, 0.25) is 0 Å². The van der Waals surface area contributed by atoms with Crippen LogP contribution in [0.1, 0.15) is 43.9 Å². The minimum atomic E-state index is -0.449. The van der Waals surface area contributed by atoms with Crippen molar-refractivity contribution in [2.45, 2.75) is 57.1 Å². The van der Waals surface area contributed by atoms with E-state index in [-0.39, 0.29) is 0 Å². The summed E-state index contributed by atoms with van der Waals surface area (Å²) in [5.41, 5.74) is -0.449. The molecule has 1 saturated carbocycles. The lowest BCUT2D eigenvalue weighted by Crippen LogP contribution is -2.42. The molecule has 0 aromatic carbocycles. The number of hydrogen-bond acceptors (Lipinski definition) is 3. The zero-order chi connectivity index (χ0) is 12.1. The largest absolute Gasteiger partial charge is 0.390 e. The summed E-state index contributed by atoms with van der Waals surface area (Å²) in [7, 11) is 0. The van der Waals surface area contributed by atoms with Crippen molar-refractivity contribution >= 4 is 11.3 Å². The molecule has 96 valence electrons. The zero-order valence-corrected chi connectivity index (χ0v) is 11.4. The minimum Gasteiger partial charge on any atom is -0.390 e. The molecular weight excluding hydrogens is 230 g/mol. The van der Waals surface area contributed by atoms with Crippen LogP contribution in [0.5, 0.6) is 0 Å². The van der Waals surface area contributed by atoms with Crippen LogP contribution in [0.25, 0.3) is 0 Å². The Morgan fingerprint density at radius 3 is 2.82 bits per heavy atom. The third kappa shape index (κ3) is 3.80. The number of nitrogens with one attached hydrogen (secondary N) is 1. The van der Waals surface area contributed by atoms with E-state index in [1.165, 1.54) is 11.3 Å². The Kier molecular flexibility index (Phi) is 4.60. The Bertz CT molecular complexity index is 315. The SMILES string of the molecule is CCCNC1CCC(O)(Cc2cccs2)CC1. The predicted octanol–water partition coefficient (Wildman–Crippen LogP) is 2.96. The van der Waals surface area contributed by atoms with Crippen molar-refractivity contribution in [3.05, 3.63) is 22.4 Å². The molecule has 0 radical (unpaired) electrons. The molecule has 1 heterocycles. The Morgan fingerprint density at radius 1 is 1.47 bits per heavy atom. The quantitative estimate of drug-likeness (QED) is 0.845. The van der Waals surface area contributed by atoms with E-state index in [1.54, 1.807) is 11.3 Å². The maximum Gasteiger partial charge on any atom is 0.0697 e. The van der Waals surface area contributed by atoms with Crippen LogP contribution < -0.4 is 5.32 Å². The summed E-state index contributed by atoms with van der Waals surface area (Å²) >= 11 is 1.75. The summed E-state index contributed by atoms with van der Waals surface area (Å²) in [6.07, 6.45) is 6.13. The van der Waals surface area contributed by atoms with Gasteiger partial charge in [0.05, 0.1) is 5.60 Å². The van der Waals surface area contributed by atoms with Gasteiger partial charge in [-0.3, -0.25) is 0 Å². The molecule has 0 spiro atoms. The Balaban J connectivity index is 1.80. The van der Waals surface area contributed by atoms with Crippen molar-refractivity contribution in [3.63, 3.8) is 0 Å². The molecule has 2 rings (SSSR count). The van der Waals surface area contributed by atoms with Crippen LogP contribution in [0, 0.1) is 0 Å². The highest BCUT2D eigenvalue weighted by Gasteiger charge is 2.33. The van der Waals surface area contributed by atoms with Crippen molar-refractivity contribution in [1.29, 1.82) is 0 Å². The van der Waals surface area contributed by atoms with Crippen LogP contribution in [0.4, 0.5) is 0 Å². The summed E-state index contributed by atoms with van der Waals surface area (Å²) in [6.45, 7) is 3.30. The molecule has 0 unspecified atom stereocenters. The normalized spacial score (nSPS) is 29.4. The number of aliphatic hydroxyl groups is 1. The first-order chi connectivity index (χ1) is 8.22. The molecular formula is C14H23NOS. The molecule has 1 fully saturated rings. The van der Waals surface area contributed by atoms with Gasteiger partial charge < -0.3 is 10.4 Å². The van der Waals surface area contributed by atoms with Gasteiger partial charge in [0.1, 0.15) is 0 Å². The fourth-order valence-corrected chi connectivity index (χ4v) is 3.46. The molecule has 0 aliphatic heterocycles. The highest BCUT2D eigenvalue weighted by molar-refractivity contribution is 7.09. The summed E-state index contributed by atoms with van der Waals surface area (Å²) < 4.78 is 0. The zero-order valence-electron chi connectivity index (χ0n) is 10.6. The molecule has 0 amide bonds. The Morgan fingerprint density at radius 2 is 2.24 bits per heavy atom. The highest BCUT2D eigenvalue weighted by Crippen LogP contribution is 2.32. The molecule has 2 N–H and O–H groups in total. The van der Waals surface area contributed by atoms with E-state index in [0.717, 1.165) is 38.6 Å². The van der Waals surface area contributed by atoms with E-state index >= 15 is 0 Å². The van der Waals surface area contributed by atoms with E-state index in [0.29, 0.717) is 6.04 Å². The van der Waals surface area contributed by atoms with Crippen molar-refractivity contribution in [1.82, 2.24) is 5.32 Å². The molecule has 1 aliphatic carbocycles. The molecule has 1 aliphatic rings. The van der Waals surface area contributed by atoms with Gasteiger partial charge in [0.25, 0.3) is 0 Å². The third-order valence-electron chi connectivity index (χ3n) is 3.68. The maximum absolute atomic E-state index is 10.6. The summed E-state index contributed by atoms with van der Waals surface area (Å²) in [5.74, 6) is 0. The Labute approximate surface area is 108 Å². The monoisotopic (exact) mass is 253 g/mol. The molecule has 3 heteroatoms. The van der Waals surface area contributed by atoms with E-state index < -0.39 is 5.60 Å². The van der Waals surface area contributed by atoms with Crippen LogP contribution in [-0.2, 0) is 6.42 Å². The number of thiophene rings is 1. The second-order valence-corrected chi connectivity index (χ2v) is 6.24. The lowest BCUT2D eigenvalue weighted by Gasteiger charge is -2.36. The number of hydrogen-bond donors (Lipinski definition) is 2. The molecule has 1 aromatic rings. The van der Waals surface area contributed by atoms with E-state index in [2.05, 4.69) is 29.8 Å². The van der Waals surface area contributed by atoms with Gasteiger partial charge in [-0.2, -0.15) is 0 Å². The predicted molar refractivity (Wildman–Crippen MR) is 73.5 cm³/mol. The second-order valence-electron chi connectivity index (χ2n) is 5.21. The standard InChI is InChI=1S/C14H23NOS/c1-2-9-15-12-5-7-14(16,8-6-12)11-13-4-3-10-17-13/h3-4,10,12,15-16H,2,5-9,11H2,1H3. The second kappa shape index (κ2) is 5.98. The first kappa shape index (κ1) is 13.1. The average Bonchev–Trinajstić information content (AvgIpc) is 2.81. The first-order valence-corrected chi connectivity index (χ1v) is 7.58. The van der Waals surface area contributed by atoms with E-state index in [4.69, 9.17) is 0 Å². The minimum absolute atomic E-state index is 0.449. The van der Waals surface area contributed by atoms with Crippen LogP contribution in [0.15, 0.2) is 17.5 Å². The van der Waals surface area contributed by atoms with Crippen LogP contribution in [0.2, 0.25) is 0 Å². The first-order valence-electron chi connectivity index (χ1n) is 6.70. The molecule has 2 nitrogen and oxygen atoms in total. The van der Waals surface area contributed by atoms with Crippen molar-refractivity contribution in [2.24, 2.45) is 0 Å². The van der Waals surface area contributed by atoms with Crippen LogP contribution in [0.3, 0.4) is 0 Å². The van der Waals surface area contributed by atoms with Crippen LogP contribution in [-0.4, -0.2) is 23.3 Å². The van der Waals surface area contributed by atoms with E-state index in [1.807, 2.05) is 0 Å². The topological polar surface area (TPSA) is 32.3 Å². The van der Waals surface area contributed by atoms with Gasteiger partial charge in [-0.05, 0) is 50.1 Å². The fraction of sp³-hybridized carbons (Fsp3) is 0.714. The summed E-state index contributed by atoms with van der Waals surface area (Å²) in [6, 6.07) is 4.82. The van der Waals surface area contributed by atoms with Gasteiger partial charge >= 0.3 is 0 Å². The lowest BCUT2D eigenvalue weighted by atomic mass is 9.80.